The van der Waals surface area contributed by atoms with Crippen molar-refractivity contribution in [2.75, 3.05) is 4.90 Å². The molecule has 0 aliphatic heterocycles. The van der Waals surface area contributed by atoms with Crippen molar-refractivity contribution in [1.82, 2.24) is 0 Å². The molecule has 0 N–H and O–H groups in total. The van der Waals surface area contributed by atoms with Crippen molar-refractivity contribution < 1.29 is 0 Å². The summed E-state index contributed by atoms with van der Waals surface area (Å²) in [5.74, 6) is 0. The van der Waals surface area contributed by atoms with Gasteiger partial charge >= 0.3 is 0 Å². The van der Waals surface area contributed by atoms with E-state index in [1.807, 2.05) is 0 Å². The van der Waals surface area contributed by atoms with E-state index in [4.69, 9.17) is 0 Å². The van der Waals surface area contributed by atoms with E-state index in [0.29, 0.717) is 0 Å². The number of hydrogen-bond acceptors (Lipinski definition) is 1. The van der Waals surface area contributed by atoms with E-state index >= 15 is 0 Å². The predicted octanol–water partition coefficient (Wildman–Crippen LogP) is 14.6. The van der Waals surface area contributed by atoms with Crippen LogP contribution in [-0.4, -0.2) is 0 Å². The van der Waals surface area contributed by atoms with Crippen LogP contribution >= 0.6 is 0 Å². The molecule has 0 heterocycles. The molecule has 0 saturated heterocycles. The van der Waals surface area contributed by atoms with Crippen LogP contribution in [0.1, 0.15) is 0 Å². The van der Waals surface area contributed by atoms with Gasteiger partial charge in [-0.15, -0.1) is 0 Å². The Balaban J connectivity index is 1.20. The largest absolute Gasteiger partial charge is 0.310 e. The summed E-state index contributed by atoms with van der Waals surface area (Å²) < 4.78 is 0. The van der Waals surface area contributed by atoms with Gasteiger partial charge in [-0.3, -0.25) is 0 Å². The smallest absolute Gasteiger partial charge is 0.0540 e. The van der Waals surface area contributed by atoms with E-state index in [-0.39, 0.29) is 0 Å². The molecule has 53 heavy (non-hydrogen) atoms. The van der Waals surface area contributed by atoms with Gasteiger partial charge in [0.2, 0.25) is 0 Å². The van der Waals surface area contributed by atoms with Crippen molar-refractivity contribution >= 4 is 27.8 Å². The summed E-state index contributed by atoms with van der Waals surface area (Å²) in [6.07, 6.45) is 0. The third-order valence-corrected chi connectivity index (χ3v) is 10.1. The van der Waals surface area contributed by atoms with Crippen LogP contribution < -0.4 is 4.90 Å². The molecule has 0 radical (unpaired) electrons. The third-order valence-electron chi connectivity index (χ3n) is 10.1. The minimum absolute atomic E-state index is 1.09. The van der Waals surface area contributed by atoms with Crippen molar-refractivity contribution in [2.24, 2.45) is 0 Å². The minimum Gasteiger partial charge on any atom is -0.310 e. The van der Waals surface area contributed by atoms with Crippen molar-refractivity contribution in [3.63, 3.8) is 0 Å². The quantitative estimate of drug-likeness (QED) is 0.155. The van der Waals surface area contributed by atoms with E-state index in [9.17, 15) is 0 Å². The molecule has 1 nitrogen and oxygen atoms in total. The van der Waals surface area contributed by atoms with Gasteiger partial charge < -0.3 is 4.90 Å². The maximum absolute atomic E-state index is 2.40. The zero-order valence-electron chi connectivity index (χ0n) is 29.3. The zero-order chi connectivity index (χ0) is 35.4. The maximum Gasteiger partial charge on any atom is 0.0540 e. The van der Waals surface area contributed by atoms with E-state index in [2.05, 4.69) is 229 Å². The lowest BCUT2D eigenvalue weighted by Crippen LogP contribution is -2.11. The number of fused-ring (bicyclic) bond motifs is 1. The molecule has 0 spiro atoms. The molecule has 0 bridgehead atoms. The number of hydrogen-bond donors (Lipinski definition) is 0. The Morgan fingerprint density at radius 3 is 1.13 bits per heavy atom. The molecule has 0 fully saturated rings. The molecular formula is C52H37N. The van der Waals surface area contributed by atoms with Crippen molar-refractivity contribution in [1.29, 1.82) is 0 Å². The number of benzene rings is 9. The van der Waals surface area contributed by atoms with Gasteiger partial charge in [0.15, 0.2) is 0 Å². The number of anilines is 3. The van der Waals surface area contributed by atoms with Crippen LogP contribution in [0.25, 0.3) is 66.4 Å². The highest BCUT2D eigenvalue weighted by Gasteiger charge is 2.19. The lowest BCUT2D eigenvalue weighted by atomic mass is 9.91. The van der Waals surface area contributed by atoms with Gasteiger partial charge in [0, 0.05) is 16.9 Å². The lowest BCUT2D eigenvalue weighted by Gasteiger charge is -2.29. The highest BCUT2D eigenvalue weighted by atomic mass is 15.1. The third kappa shape index (κ3) is 6.42. The Bertz CT molecular complexity index is 2610. The lowest BCUT2D eigenvalue weighted by molar-refractivity contribution is 1.28. The minimum atomic E-state index is 1.09. The SMILES string of the molecule is c1ccc(-c2ccc(N(c3ccc(-c4cccc5cccc(-c6ccccc6)c45)cc3)c3ccc(-c4ccccc4)cc3-c3ccccc3)cc2)cc1. The molecule has 250 valence electrons. The van der Waals surface area contributed by atoms with E-state index in [1.165, 1.54) is 66.4 Å². The number of rotatable bonds is 8. The molecule has 0 aromatic heterocycles. The highest BCUT2D eigenvalue weighted by Crippen LogP contribution is 2.44. The first-order valence-electron chi connectivity index (χ1n) is 18.2. The summed E-state index contributed by atoms with van der Waals surface area (Å²) in [6.45, 7) is 0. The fourth-order valence-corrected chi connectivity index (χ4v) is 7.48. The van der Waals surface area contributed by atoms with Crippen LogP contribution in [0.3, 0.4) is 0 Å². The topological polar surface area (TPSA) is 3.24 Å². The van der Waals surface area contributed by atoms with Crippen molar-refractivity contribution in [2.45, 2.75) is 0 Å². The first-order chi connectivity index (χ1) is 26.3. The fraction of sp³-hybridized carbons (Fsp3) is 0. The van der Waals surface area contributed by atoms with Gasteiger partial charge in [0.05, 0.1) is 5.69 Å². The second-order valence-electron chi connectivity index (χ2n) is 13.3. The summed E-state index contributed by atoms with van der Waals surface area (Å²) in [5.41, 5.74) is 15.3. The Hall–Kier alpha value is -6.96. The van der Waals surface area contributed by atoms with Crippen LogP contribution in [-0.2, 0) is 0 Å². The van der Waals surface area contributed by atoms with Gasteiger partial charge in [-0.05, 0) is 97.2 Å². The first kappa shape index (κ1) is 32.0. The normalized spacial score (nSPS) is 11.0. The fourth-order valence-electron chi connectivity index (χ4n) is 7.48. The molecule has 0 amide bonds. The van der Waals surface area contributed by atoms with Gasteiger partial charge in [0.1, 0.15) is 0 Å². The molecule has 9 aromatic carbocycles. The summed E-state index contributed by atoms with van der Waals surface area (Å²) in [6, 6.07) is 80.8. The zero-order valence-corrected chi connectivity index (χ0v) is 29.3. The van der Waals surface area contributed by atoms with E-state index in [1.54, 1.807) is 0 Å². The Labute approximate surface area is 311 Å². The van der Waals surface area contributed by atoms with Crippen molar-refractivity contribution in [3.05, 3.63) is 224 Å². The van der Waals surface area contributed by atoms with Gasteiger partial charge in [0.25, 0.3) is 0 Å². The molecule has 0 aliphatic rings. The van der Waals surface area contributed by atoms with Crippen LogP contribution in [0.2, 0.25) is 0 Å². The molecule has 9 rings (SSSR count). The first-order valence-corrected chi connectivity index (χ1v) is 18.2. The summed E-state index contributed by atoms with van der Waals surface area (Å²) in [7, 11) is 0. The van der Waals surface area contributed by atoms with Gasteiger partial charge in [-0.1, -0.05) is 188 Å². The van der Waals surface area contributed by atoms with Crippen LogP contribution in [0.15, 0.2) is 224 Å². The van der Waals surface area contributed by atoms with Gasteiger partial charge in [-0.25, -0.2) is 0 Å². The monoisotopic (exact) mass is 675 g/mol. The van der Waals surface area contributed by atoms with Gasteiger partial charge in [-0.2, -0.15) is 0 Å². The average Bonchev–Trinajstić information content (AvgIpc) is 3.25. The van der Waals surface area contributed by atoms with Crippen molar-refractivity contribution in [3.8, 4) is 55.6 Å². The molecule has 9 aromatic rings. The summed E-state index contributed by atoms with van der Waals surface area (Å²) in [4.78, 5) is 2.40. The number of nitrogens with zero attached hydrogens (tertiary/aromatic N) is 1. The Morgan fingerprint density at radius 1 is 0.245 bits per heavy atom. The average molecular weight is 676 g/mol. The summed E-state index contributed by atoms with van der Waals surface area (Å²) >= 11 is 0. The Kier molecular flexibility index (Phi) is 8.66. The van der Waals surface area contributed by atoms with Crippen LogP contribution in [0.5, 0.6) is 0 Å². The van der Waals surface area contributed by atoms with Crippen LogP contribution in [0, 0.1) is 0 Å². The Morgan fingerprint density at radius 2 is 0.623 bits per heavy atom. The molecule has 0 saturated carbocycles. The van der Waals surface area contributed by atoms with E-state index in [0.717, 1.165) is 17.1 Å². The maximum atomic E-state index is 2.40. The molecule has 0 atom stereocenters. The second kappa shape index (κ2) is 14.3. The highest BCUT2D eigenvalue weighted by molar-refractivity contribution is 6.06. The summed E-state index contributed by atoms with van der Waals surface area (Å²) in [5, 5.41) is 2.50. The predicted molar refractivity (Wildman–Crippen MR) is 226 cm³/mol. The van der Waals surface area contributed by atoms with Crippen LogP contribution in [0.4, 0.5) is 17.1 Å². The van der Waals surface area contributed by atoms with E-state index < -0.39 is 0 Å². The molecule has 0 unspecified atom stereocenters. The molecular weight excluding hydrogens is 639 g/mol. The standard InChI is InChI=1S/C52H37N/c1-5-15-38(16-6-1)40-27-32-46(33-28-40)53(51-36-31-45(39-17-7-2-8-18-39)37-50(51)42-21-11-4-12-22-42)47-34-29-43(30-35-47)49-26-14-24-44-23-13-25-48(52(44)49)41-19-9-3-10-20-41/h1-37H. The second-order valence-corrected chi connectivity index (χ2v) is 13.3. The molecule has 0 aliphatic carbocycles. The molecule has 1 heteroatoms.